The van der Waals surface area contributed by atoms with Crippen molar-refractivity contribution < 1.29 is 32.6 Å². The lowest BCUT2D eigenvalue weighted by molar-refractivity contribution is -0.171. The molecular weight excluding hydrogens is 513 g/mol. The van der Waals surface area contributed by atoms with Gasteiger partial charge in [-0.3, -0.25) is 14.6 Å². The van der Waals surface area contributed by atoms with Crippen molar-refractivity contribution in [2.75, 3.05) is 14.1 Å². The van der Waals surface area contributed by atoms with Crippen LogP contribution in [0.25, 0.3) is 11.3 Å². The molecule has 1 fully saturated rings. The smallest absolute Gasteiger partial charge is 0.253 e. The normalized spacial score (nSPS) is 22.9. The lowest BCUT2D eigenvalue weighted by Crippen LogP contribution is -2.58. The number of nitrogens with zero attached hydrogens (tertiary/aromatic N) is 3. The van der Waals surface area contributed by atoms with E-state index >= 15 is 0 Å². The third-order valence-corrected chi connectivity index (χ3v) is 7.11. The maximum absolute atomic E-state index is 14.9. The summed E-state index contributed by atoms with van der Waals surface area (Å²) in [5.74, 6) is -4.61. The molecule has 0 unspecified atom stereocenters. The summed E-state index contributed by atoms with van der Waals surface area (Å²) < 4.78 is 50.5. The van der Waals surface area contributed by atoms with Crippen molar-refractivity contribution in [1.82, 2.24) is 14.9 Å². The summed E-state index contributed by atoms with van der Waals surface area (Å²) in [6, 6.07) is 4.75. The lowest BCUT2D eigenvalue weighted by Gasteiger charge is -2.44. The summed E-state index contributed by atoms with van der Waals surface area (Å²) in [7, 11) is 2.85. The second-order valence-corrected chi connectivity index (χ2v) is 10.1. The second kappa shape index (κ2) is 10.8. The van der Waals surface area contributed by atoms with Crippen LogP contribution in [0.3, 0.4) is 0 Å². The number of Topliss-reactive ketones (excluding diaryl/α,β-unsaturated/α-hetero) is 1. The van der Waals surface area contributed by atoms with Gasteiger partial charge in [0.2, 0.25) is 0 Å². The predicted molar refractivity (Wildman–Crippen MR) is 136 cm³/mol. The number of ketones is 1. The Morgan fingerprint density at radius 2 is 1.82 bits per heavy atom. The van der Waals surface area contributed by atoms with Crippen molar-refractivity contribution in [3.8, 4) is 11.3 Å². The van der Waals surface area contributed by atoms with Gasteiger partial charge in [0.25, 0.3) is 5.91 Å². The van der Waals surface area contributed by atoms with Crippen LogP contribution in [0.4, 0.5) is 13.2 Å². The highest BCUT2D eigenvalue weighted by atomic mass is 19.1. The molecule has 4 rings (SSSR count). The minimum atomic E-state index is -1.23. The highest BCUT2D eigenvalue weighted by Gasteiger charge is 2.43. The number of halogens is 3. The highest BCUT2D eigenvalue weighted by molar-refractivity contribution is 5.97. The van der Waals surface area contributed by atoms with Gasteiger partial charge in [0.15, 0.2) is 5.78 Å². The van der Waals surface area contributed by atoms with E-state index < -0.39 is 64.3 Å². The molecule has 39 heavy (non-hydrogen) atoms. The largest absolute Gasteiger partial charge is 0.386 e. The zero-order valence-electron chi connectivity index (χ0n) is 21.9. The third kappa shape index (κ3) is 5.56. The monoisotopic (exact) mass is 542 g/mol. The Balaban J connectivity index is 1.64. The van der Waals surface area contributed by atoms with E-state index in [1.54, 1.807) is 26.1 Å². The van der Waals surface area contributed by atoms with E-state index in [0.29, 0.717) is 17.5 Å². The first-order chi connectivity index (χ1) is 18.3. The van der Waals surface area contributed by atoms with E-state index in [4.69, 9.17) is 10.5 Å². The summed E-state index contributed by atoms with van der Waals surface area (Å²) in [6.45, 7) is 3.32. The van der Waals surface area contributed by atoms with Crippen LogP contribution in [-0.4, -0.2) is 63.5 Å². The van der Waals surface area contributed by atoms with Crippen molar-refractivity contribution >= 4 is 11.7 Å². The first kappa shape index (κ1) is 28.3. The van der Waals surface area contributed by atoms with Crippen LogP contribution in [0.5, 0.6) is 0 Å². The molecule has 1 aliphatic heterocycles. The number of aliphatic hydroxyl groups is 1. The maximum Gasteiger partial charge on any atom is 0.253 e. The van der Waals surface area contributed by atoms with E-state index in [2.05, 4.69) is 9.97 Å². The Bertz CT molecular complexity index is 1390. The number of hydrogen-bond acceptors (Lipinski definition) is 7. The third-order valence-electron chi connectivity index (χ3n) is 7.11. The van der Waals surface area contributed by atoms with Gasteiger partial charge in [0.1, 0.15) is 34.4 Å². The van der Waals surface area contributed by atoms with E-state index in [9.17, 15) is 27.9 Å². The number of ether oxygens (including phenoxy) is 1. The Morgan fingerprint density at radius 1 is 1.15 bits per heavy atom. The van der Waals surface area contributed by atoms with Gasteiger partial charge in [-0.05, 0) is 61.7 Å². The van der Waals surface area contributed by atoms with Gasteiger partial charge in [0, 0.05) is 44.5 Å². The molecule has 0 bridgehead atoms. The van der Waals surface area contributed by atoms with E-state index in [-0.39, 0.29) is 17.7 Å². The molecule has 1 aliphatic rings. The van der Waals surface area contributed by atoms with Crippen molar-refractivity contribution in [3.63, 3.8) is 0 Å². The van der Waals surface area contributed by atoms with Gasteiger partial charge >= 0.3 is 0 Å². The van der Waals surface area contributed by atoms with Crippen LogP contribution in [0.15, 0.2) is 42.7 Å². The molecular formula is C28H29F3N4O4. The molecule has 0 radical (unpaired) electrons. The molecule has 8 nitrogen and oxygen atoms in total. The van der Waals surface area contributed by atoms with Gasteiger partial charge < -0.3 is 20.5 Å². The average molecular weight is 543 g/mol. The van der Waals surface area contributed by atoms with Crippen LogP contribution in [-0.2, 0) is 11.2 Å². The zero-order chi connectivity index (χ0) is 28.6. The molecule has 1 aromatic carbocycles. The van der Waals surface area contributed by atoms with Crippen molar-refractivity contribution in [2.24, 2.45) is 5.73 Å². The van der Waals surface area contributed by atoms with Gasteiger partial charge in [-0.25, -0.2) is 18.2 Å². The van der Waals surface area contributed by atoms with Crippen molar-refractivity contribution in [2.45, 2.75) is 50.5 Å². The SMILES string of the molecule is C[C@H]1O[C@@H](c2ccncc2CC(=O)c2ccc(F)c(-c3c(F)cc(C(=O)N(C)C)cc3F)n2)C[C@@H](N)[C@]1(C)O. The van der Waals surface area contributed by atoms with Crippen molar-refractivity contribution in [3.05, 3.63) is 82.6 Å². The number of nitrogens with two attached hydrogens (primary N) is 1. The van der Waals surface area contributed by atoms with Crippen LogP contribution in [0, 0.1) is 17.5 Å². The van der Waals surface area contributed by atoms with Gasteiger partial charge in [-0.2, -0.15) is 0 Å². The topological polar surface area (TPSA) is 119 Å². The fourth-order valence-corrected chi connectivity index (χ4v) is 4.53. The average Bonchev–Trinajstić information content (AvgIpc) is 2.87. The molecule has 1 amide bonds. The number of amides is 1. The number of hydrogen-bond donors (Lipinski definition) is 2. The molecule has 0 saturated carbocycles. The highest BCUT2D eigenvalue weighted by Crippen LogP contribution is 2.37. The fourth-order valence-electron chi connectivity index (χ4n) is 4.53. The lowest BCUT2D eigenvalue weighted by atomic mass is 9.82. The standard InChI is InChI=1S/C28H29F3N4O4/c1-14-28(2,38)24(32)12-23(39-14)17-7-8-33-13-16(17)11-22(36)21-6-5-18(29)26(34-21)25-19(30)9-15(10-20(25)31)27(37)35(3)4/h5-10,13-14,23-24,38H,11-12,32H2,1-4H3/t14-,23-,24-,28-/m1/s1. The quantitative estimate of drug-likeness (QED) is 0.457. The summed E-state index contributed by atoms with van der Waals surface area (Å²) in [5, 5.41) is 10.6. The van der Waals surface area contributed by atoms with Crippen LogP contribution in [0.1, 0.15) is 58.3 Å². The molecule has 3 N–H and O–H groups in total. The number of aromatic nitrogens is 2. The van der Waals surface area contributed by atoms with Crippen LogP contribution < -0.4 is 5.73 Å². The Hall–Kier alpha value is -3.67. The van der Waals surface area contributed by atoms with E-state index in [0.717, 1.165) is 29.2 Å². The van der Waals surface area contributed by atoms with Crippen LogP contribution >= 0.6 is 0 Å². The minimum Gasteiger partial charge on any atom is -0.386 e. The molecule has 2 aromatic heterocycles. The first-order valence-electron chi connectivity index (χ1n) is 12.3. The number of carbonyl (C=O) groups excluding carboxylic acids is 2. The molecule has 1 saturated heterocycles. The Morgan fingerprint density at radius 3 is 2.44 bits per heavy atom. The molecule has 206 valence electrons. The number of pyridine rings is 2. The Kier molecular flexibility index (Phi) is 7.87. The first-order valence-corrected chi connectivity index (χ1v) is 12.3. The molecule has 0 aliphatic carbocycles. The van der Waals surface area contributed by atoms with Gasteiger partial charge in [0.05, 0.1) is 17.8 Å². The number of benzene rings is 1. The van der Waals surface area contributed by atoms with Gasteiger partial charge in [-0.1, -0.05) is 0 Å². The zero-order valence-corrected chi connectivity index (χ0v) is 21.9. The summed E-state index contributed by atoms with van der Waals surface area (Å²) in [5.41, 5.74) is 4.16. The molecule has 3 aromatic rings. The molecule has 3 heterocycles. The van der Waals surface area contributed by atoms with Crippen molar-refractivity contribution in [1.29, 1.82) is 0 Å². The predicted octanol–water partition coefficient (Wildman–Crippen LogP) is 3.62. The summed E-state index contributed by atoms with van der Waals surface area (Å²) in [6.07, 6.45) is 2.04. The Labute approximate surface area is 223 Å². The maximum atomic E-state index is 14.9. The van der Waals surface area contributed by atoms with E-state index in [1.807, 2.05) is 0 Å². The van der Waals surface area contributed by atoms with Crippen LogP contribution in [0.2, 0.25) is 0 Å². The second-order valence-electron chi connectivity index (χ2n) is 10.1. The molecule has 4 atom stereocenters. The number of rotatable bonds is 6. The fraction of sp³-hybridized carbons (Fsp3) is 0.357. The molecule has 0 spiro atoms. The summed E-state index contributed by atoms with van der Waals surface area (Å²) >= 11 is 0. The molecule has 11 heteroatoms. The van der Waals surface area contributed by atoms with Gasteiger partial charge in [-0.15, -0.1) is 0 Å². The summed E-state index contributed by atoms with van der Waals surface area (Å²) in [4.78, 5) is 34.5. The van der Waals surface area contributed by atoms with E-state index in [1.165, 1.54) is 20.3 Å². The number of carbonyl (C=O) groups is 2. The minimum absolute atomic E-state index is 0.206.